The Bertz CT molecular complexity index is 525. The van der Waals surface area contributed by atoms with Crippen molar-refractivity contribution in [1.82, 2.24) is 10.1 Å². The molecule has 24 heavy (non-hydrogen) atoms. The van der Waals surface area contributed by atoms with E-state index >= 15 is 0 Å². The number of halogens is 1. The second kappa shape index (κ2) is 11.3. The van der Waals surface area contributed by atoms with Gasteiger partial charge in [0.2, 0.25) is 11.8 Å². The Hall–Kier alpha value is -1.25. The standard InChI is InChI=1S/C15H26N4O3S.ClH/c1-10(2)12(16)5-6-19(4)15(21)9-23-8-14(20)17-13-7-11(3)22-18-13;/h7,10,12H,5-6,8-9,16H2,1-4H3,(H,17,18,20);1H. The SMILES string of the molecule is Cc1cc(NC(=O)CSCC(=O)N(C)CCC(N)C(C)C)no1.Cl. The summed E-state index contributed by atoms with van der Waals surface area (Å²) in [6.45, 7) is 6.51. The van der Waals surface area contributed by atoms with Gasteiger partial charge in [-0.25, -0.2) is 0 Å². The number of anilines is 1. The van der Waals surface area contributed by atoms with Gasteiger partial charge in [-0.3, -0.25) is 9.59 Å². The molecule has 1 rings (SSSR count). The van der Waals surface area contributed by atoms with Crippen molar-refractivity contribution in [2.45, 2.75) is 33.2 Å². The van der Waals surface area contributed by atoms with Crippen molar-refractivity contribution in [2.24, 2.45) is 11.7 Å². The minimum Gasteiger partial charge on any atom is -0.360 e. The molecule has 0 saturated carbocycles. The number of nitrogens with one attached hydrogen (secondary N) is 1. The maximum absolute atomic E-state index is 12.0. The smallest absolute Gasteiger partial charge is 0.235 e. The quantitative estimate of drug-likeness (QED) is 0.680. The molecule has 0 aliphatic rings. The average molecular weight is 379 g/mol. The summed E-state index contributed by atoms with van der Waals surface area (Å²) in [6, 6.07) is 1.73. The van der Waals surface area contributed by atoms with Gasteiger partial charge in [-0.2, -0.15) is 0 Å². The molecule has 0 radical (unpaired) electrons. The lowest BCUT2D eigenvalue weighted by atomic mass is 10.0. The van der Waals surface area contributed by atoms with Gasteiger partial charge in [-0.15, -0.1) is 24.2 Å². The maximum atomic E-state index is 12.0. The summed E-state index contributed by atoms with van der Waals surface area (Å²) in [6.07, 6.45) is 0.774. The number of aryl methyl sites for hydroxylation is 1. The van der Waals surface area contributed by atoms with Crippen LogP contribution in [-0.4, -0.2) is 53.0 Å². The molecule has 2 amide bonds. The molecule has 0 bridgehead atoms. The third-order valence-corrected chi connectivity index (χ3v) is 4.35. The number of hydrogen-bond acceptors (Lipinski definition) is 6. The Labute approximate surface area is 153 Å². The van der Waals surface area contributed by atoms with E-state index in [1.54, 1.807) is 24.9 Å². The lowest BCUT2D eigenvalue weighted by Crippen LogP contribution is -2.35. The molecule has 1 aromatic heterocycles. The number of thioether (sulfide) groups is 1. The van der Waals surface area contributed by atoms with Crippen molar-refractivity contribution >= 4 is 41.8 Å². The van der Waals surface area contributed by atoms with Crippen molar-refractivity contribution in [3.05, 3.63) is 11.8 Å². The van der Waals surface area contributed by atoms with Gasteiger partial charge >= 0.3 is 0 Å². The van der Waals surface area contributed by atoms with Crippen LogP contribution >= 0.6 is 24.2 Å². The van der Waals surface area contributed by atoms with Gasteiger partial charge < -0.3 is 20.5 Å². The molecule has 3 N–H and O–H groups in total. The zero-order chi connectivity index (χ0) is 17.4. The molecule has 0 fully saturated rings. The van der Waals surface area contributed by atoms with Gasteiger partial charge in [0.25, 0.3) is 0 Å². The normalized spacial score (nSPS) is 11.8. The molecule has 0 aromatic carbocycles. The molecule has 0 saturated heterocycles. The second-order valence-corrected chi connectivity index (χ2v) is 6.86. The predicted molar refractivity (Wildman–Crippen MR) is 99.5 cm³/mol. The summed E-state index contributed by atoms with van der Waals surface area (Å²) >= 11 is 1.27. The highest BCUT2D eigenvalue weighted by Gasteiger charge is 2.14. The number of carbonyl (C=O) groups excluding carboxylic acids is 2. The number of carbonyl (C=O) groups is 2. The van der Waals surface area contributed by atoms with E-state index in [0.29, 0.717) is 24.0 Å². The molecule has 7 nitrogen and oxygen atoms in total. The molecule has 0 spiro atoms. The van der Waals surface area contributed by atoms with Crippen LogP contribution in [-0.2, 0) is 9.59 Å². The summed E-state index contributed by atoms with van der Waals surface area (Å²) < 4.78 is 4.86. The highest BCUT2D eigenvalue weighted by molar-refractivity contribution is 8.00. The molecular weight excluding hydrogens is 352 g/mol. The van der Waals surface area contributed by atoms with Crippen LogP contribution in [0, 0.1) is 12.8 Å². The topological polar surface area (TPSA) is 101 Å². The van der Waals surface area contributed by atoms with E-state index in [1.807, 2.05) is 0 Å². The Kier molecular flexibility index (Phi) is 10.7. The van der Waals surface area contributed by atoms with E-state index in [2.05, 4.69) is 24.3 Å². The van der Waals surface area contributed by atoms with Gasteiger partial charge in [0, 0.05) is 25.7 Å². The summed E-state index contributed by atoms with van der Waals surface area (Å²) in [5.74, 6) is 1.66. The second-order valence-electron chi connectivity index (χ2n) is 5.88. The van der Waals surface area contributed by atoms with E-state index in [1.165, 1.54) is 11.8 Å². The lowest BCUT2D eigenvalue weighted by molar-refractivity contribution is -0.127. The van der Waals surface area contributed by atoms with E-state index in [0.717, 1.165) is 6.42 Å². The summed E-state index contributed by atoms with van der Waals surface area (Å²) in [5.41, 5.74) is 5.97. The third kappa shape index (κ3) is 8.56. The number of rotatable bonds is 9. The van der Waals surface area contributed by atoms with Crippen molar-refractivity contribution < 1.29 is 14.1 Å². The first-order chi connectivity index (χ1) is 10.8. The number of hydrogen-bond donors (Lipinski definition) is 2. The summed E-state index contributed by atoms with van der Waals surface area (Å²) in [5, 5.41) is 6.29. The minimum atomic E-state index is -0.208. The Morgan fingerprint density at radius 1 is 1.42 bits per heavy atom. The first-order valence-corrected chi connectivity index (χ1v) is 8.75. The van der Waals surface area contributed by atoms with E-state index in [9.17, 15) is 9.59 Å². The minimum absolute atomic E-state index is 0. The number of nitrogens with two attached hydrogens (primary N) is 1. The van der Waals surface area contributed by atoms with Crippen LogP contribution in [0.3, 0.4) is 0 Å². The van der Waals surface area contributed by atoms with Crippen LogP contribution in [0.5, 0.6) is 0 Å². The molecule has 0 aliphatic carbocycles. The van der Waals surface area contributed by atoms with E-state index in [4.69, 9.17) is 10.3 Å². The van der Waals surface area contributed by atoms with Gasteiger partial charge in [0.05, 0.1) is 11.5 Å². The van der Waals surface area contributed by atoms with Crippen molar-refractivity contribution in [3.63, 3.8) is 0 Å². The van der Waals surface area contributed by atoms with Crippen molar-refractivity contribution in [2.75, 3.05) is 30.4 Å². The first kappa shape index (κ1) is 22.8. The van der Waals surface area contributed by atoms with Crippen LogP contribution in [0.25, 0.3) is 0 Å². The number of amides is 2. The van der Waals surface area contributed by atoms with E-state index in [-0.39, 0.29) is 41.8 Å². The van der Waals surface area contributed by atoms with Gasteiger partial charge in [0.15, 0.2) is 5.82 Å². The first-order valence-electron chi connectivity index (χ1n) is 7.60. The fourth-order valence-electron chi connectivity index (χ4n) is 1.75. The molecule has 1 heterocycles. The van der Waals surface area contributed by atoms with E-state index < -0.39 is 0 Å². The highest BCUT2D eigenvalue weighted by Crippen LogP contribution is 2.09. The van der Waals surface area contributed by atoms with Gasteiger partial charge in [0.1, 0.15) is 5.76 Å². The number of nitrogens with zero attached hydrogens (tertiary/aromatic N) is 2. The summed E-state index contributed by atoms with van der Waals surface area (Å²) in [4.78, 5) is 25.3. The molecule has 1 atom stereocenters. The Morgan fingerprint density at radius 2 is 2.08 bits per heavy atom. The van der Waals surface area contributed by atoms with Crippen LogP contribution < -0.4 is 11.1 Å². The highest BCUT2D eigenvalue weighted by atomic mass is 35.5. The average Bonchev–Trinajstić information content (AvgIpc) is 2.88. The molecule has 0 aliphatic heterocycles. The monoisotopic (exact) mass is 378 g/mol. The fraction of sp³-hybridized carbons (Fsp3) is 0.667. The van der Waals surface area contributed by atoms with Crippen LogP contribution in [0.15, 0.2) is 10.6 Å². The maximum Gasteiger partial charge on any atom is 0.235 e. The van der Waals surface area contributed by atoms with Crippen LogP contribution in [0.4, 0.5) is 5.82 Å². The van der Waals surface area contributed by atoms with Crippen molar-refractivity contribution in [3.8, 4) is 0 Å². The zero-order valence-electron chi connectivity index (χ0n) is 14.6. The number of aromatic nitrogens is 1. The fourth-order valence-corrected chi connectivity index (χ4v) is 2.50. The van der Waals surface area contributed by atoms with Crippen LogP contribution in [0.1, 0.15) is 26.0 Å². The molecule has 9 heteroatoms. The molecule has 1 aromatic rings. The Morgan fingerprint density at radius 3 is 2.62 bits per heavy atom. The van der Waals surface area contributed by atoms with Crippen molar-refractivity contribution in [1.29, 1.82) is 0 Å². The molecule has 1 unspecified atom stereocenters. The van der Waals surface area contributed by atoms with Crippen LogP contribution in [0.2, 0.25) is 0 Å². The zero-order valence-corrected chi connectivity index (χ0v) is 16.2. The lowest BCUT2D eigenvalue weighted by Gasteiger charge is -2.21. The third-order valence-electron chi connectivity index (χ3n) is 3.43. The Balaban J connectivity index is 0.00000529. The molecule has 138 valence electrons. The summed E-state index contributed by atoms with van der Waals surface area (Å²) in [7, 11) is 1.76. The predicted octanol–water partition coefficient (Wildman–Crippen LogP) is 1.91. The molecular formula is C15H27ClN4O3S. The van der Waals surface area contributed by atoms with Gasteiger partial charge in [-0.1, -0.05) is 19.0 Å². The van der Waals surface area contributed by atoms with Gasteiger partial charge in [-0.05, 0) is 19.3 Å². The largest absolute Gasteiger partial charge is 0.360 e.